The van der Waals surface area contributed by atoms with E-state index in [2.05, 4.69) is 19.9 Å². The first kappa shape index (κ1) is 12.1. The molecule has 3 heterocycles. The summed E-state index contributed by atoms with van der Waals surface area (Å²) in [6, 6.07) is 0. The van der Waals surface area contributed by atoms with Crippen LogP contribution in [0.3, 0.4) is 0 Å². The number of nitrogens with zero attached hydrogens (tertiary/aromatic N) is 5. The van der Waals surface area contributed by atoms with Crippen molar-refractivity contribution in [2.75, 3.05) is 5.73 Å². The SMILES string of the molecule is Nc1ncc(-c2cn(SF)c3ncnc(Cl)c23)cn1. The number of aromatic nitrogens is 5. The van der Waals surface area contributed by atoms with Crippen LogP contribution in [0.15, 0.2) is 24.9 Å². The van der Waals surface area contributed by atoms with Crippen LogP contribution < -0.4 is 5.73 Å². The molecule has 3 aromatic heterocycles. The molecule has 0 fully saturated rings. The summed E-state index contributed by atoms with van der Waals surface area (Å²) < 4.78 is 14.2. The average Bonchev–Trinajstić information content (AvgIpc) is 2.80. The fourth-order valence-corrected chi connectivity index (χ4v) is 2.32. The van der Waals surface area contributed by atoms with Crippen LogP contribution in [-0.2, 0) is 0 Å². The third-order valence-electron chi connectivity index (χ3n) is 2.56. The van der Waals surface area contributed by atoms with E-state index < -0.39 is 0 Å². The van der Waals surface area contributed by atoms with Crippen LogP contribution in [0.1, 0.15) is 0 Å². The van der Waals surface area contributed by atoms with Gasteiger partial charge in [0.25, 0.3) is 0 Å². The van der Waals surface area contributed by atoms with Crippen molar-refractivity contribution in [3.63, 3.8) is 0 Å². The first-order valence-corrected chi connectivity index (χ1v) is 6.14. The molecule has 19 heavy (non-hydrogen) atoms. The van der Waals surface area contributed by atoms with Crippen molar-refractivity contribution in [3.8, 4) is 11.1 Å². The van der Waals surface area contributed by atoms with Crippen LogP contribution >= 0.6 is 23.9 Å². The molecule has 0 saturated carbocycles. The van der Waals surface area contributed by atoms with Gasteiger partial charge in [-0.2, -0.15) is 0 Å². The van der Waals surface area contributed by atoms with E-state index >= 15 is 0 Å². The standard InChI is InChI=1S/C10H6ClFN6S/c11-8-7-6(5-1-14-10(13)15-2-5)3-18(19-12)9(7)17-4-16-8/h1-4H,(H2,13,14,15). The Balaban J connectivity index is 2.32. The number of hydrogen-bond donors (Lipinski definition) is 1. The summed E-state index contributed by atoms with van der Waals surface area (Å²) in [4.78, 5) is 15.7. The molecule has 3 rings (SSSR count). The quantitative estimate of drug-likeness (QED) is 0.732. The minimum Gasteiger partial charge on any atom is -0.368 e. The molecular formula is C10H6ClFN6S. The summed E-state index contributed by atoms with van der Waals surface area (Å²) >= 11 is 6.08. The van der Waals surface area contributed by atoms with E-state index in [1.807, 2.05) is 0 Å². The maximum absolute atomic E-state index is 12.9. The number of rotatable bonds is 2. The Hall–Kier alpha value is -1.93. The molecule has 96 valence electrons. The van der Waals surface area contributed by atoms with Gasteiger partial charge in [0, 0.05) is 29.7 Å². The maximum Gasteiger partial charge on any atom is 0.219 e. The largest absolute Gasteiger partial charge is 0.368 e. The molecule has 9 heteroatoms. The zero-order valence-corrected chi connectivity index (χ0v) is 10.9. The zero-order valence-electron chi connectivity index (χ0n) is 9.29. The molecule has 0 amide bonds. The highest BCUT2D eigenvalue weighted by Gasteiger charge is 2.16. The molecule has 3 aromatic rings. The number of nitrogen functional groups attached to an aromatic ring is 1. The van der Waals surface area contributed by atoms with Crippen LogP contribution in [0.25, 0.3) is 22.2 Å². The highest BCUT2D eigenvalue weighted by atomic mass is 35.5. The van der Waals surface area contributed by atoms with Gasteiger partial charge in [0.15, 0.2) is 18.0 Å². The second-order valence-electron chi connectivity index (χ2n) is 3.63. The minimum absolute atomic E-state index is 0.0279. The van der Waals surface area contributed by atoms with Crippen molar-refractivity contribution in [2.45, 2.75) is 0 Å². The zero-order chi connectivity index (χ0) is 13.4. The van der Waals surface area contributed by atoms with Crippen LogP contribution in [0.5, 0.6) is 0 Å². The Bertz CT molecular complexity index is 744. The molecule has 0 aromatic carbocycles. The molecular weight excluding hydrogens is 291 g/mol. The number of anilines is 1. The number of hydrogen-bond acceptors (Lipinski definition) is 6. The molecule has 0 unspecified atom stereocenters. The van der Waals surface area contributed by atoms with E-state index in [9.17, 15) is 3.89 Å². The van der Waals surface area contributed by atoms with Crippen molar-refractivity contribution in [1.82, 2.24) is 23.9 Å². The highest BCUT2D eigenvalue weighted by Crippen LogP contribution is 2.34. The molecule has 6 nitrogen and oxygen atoms in total. The van der Waals surface area contributed by atoms with Crippen molar-refractivity contribution in [3.05, 3.63) is 30.1 Å². The first-order chi connectivity index (χ1) is 9.20. The normalized spacial score (nSPS) is 11.1. The van der Waals surface area contributed by atoms with Crippen LogP contribution in [-0.4, -0.2) is 23.9 Å². The lowest BCUT2D eigenvalue weighted by Gasteiger charge is -1.99. The van der Waals surface area contributed by atoms with E-state index in [1.165, 1.54) is 22.7 Å². The first-order valence-electron chi connectivity index (χ1n) is 5.09. The molecule has 0 saturated heterocycles. The molecule has 0 atom stereocenters. The van der Waals surface area contributed by atoms with Gasteiger partial charge in [-0.25, -0.2) is 23.9 Å². The van der Waals surface area contributed by atoms with Gasteiger partial charge in [-0.15, -0.1) is 3.89 Å². The van der Waals surface area contributed by atoms with Crippen molar-refractivity contribution < 1.29 is 3.89 Å². The van der Waals surface area contributed by atoms with Gasteiger partial charge >= 0.3 is 0 Å². The third kappa shape index (κ3) is 1.98. The van der Waals surface area contributed by atoms with E-state index in [0.717, 1.165) is 0 Å². The van der Waals surface area contributed by atoms with Gasteiger partial charge in [-0.1, -0.05) is 11.6 Å². The molecule has 0 aliphatic heterocycles. The lowest BCUT2D eigenvalue weighted by atomic mass is 10.1. The fraction of sp³-hybridized carbons (Fsp3) is 0. The Morgan fingerprint density at radius 1 is 1.21 bits per heavy atom. The predicted molar refractivity (Wildman–Crippen MR) is 72.1 cm³/mol. The summed E-state index contributed by atoms with van der Waals surface area (Å²) in [5, 5.41) is 0.785. The van der Waals surface area contributed by atoms with Crippen LogP contribution in [0.4, 0.5) is 9.83 Å². The van der Waals surface area contributed by atoms with E-state index in [0.29, 0.717) is 22.2 Å². The van der Waals surface area contributed by atoms with Gasteiger partial charge in [0.2, 0.25) is 5.95 Å². The van der Waals surface area contributed by atoms with E-state index in [-0.39, 0.29) is 23.4 Å². The minimum atomic E-state index is 0.0279. The molecule has 0 radical (unpaired) electrons. The predicted octanol–water partition coefficient (Wildman–Crippen LogP) is 2.50. The Kier molecular flexibility index (Phi) is 2.96. The van der Waals surface area contributed by atoms with Gasteiger partial charge in [0.05, 0.1) is 5.39 Å². The Labute approximate surface area is 116 Å². The molecule has 0 bridgehead atoms. The van der Waals surface area contributed by atoms with Crippen LogP contribution in [0, 0.1) is 0 Å². The Morgan fingerprint density at radius 3 is 2.63 bits per heavy atom. The summed E-state index contributed by atoms with van der Waals surface area (Å²) in [5.41, 5.74) is 7.13. The molecule has 2 N–H and O–H groups in total. The van der Waals surface area contributed by atoms with Crippen molar-refractivity contribution in [1.29, 1.82) is 0 Å². The highest BCUT2D eigenvalue weighted by molar-refractivity contribution is 7.92. The lowest BCUT2D eigenvalue weighted by Crippen LogP contribution is -1.93. The van der Waals surface area contributed by atoms with Crippen molar-refractivity contribution >= 4 is 40.9 Å². The maximum atomic E-state index is 12.9. The van der Waals surface area contributed by atoms with Crippen LogP contribution in [0.2, 0.25) is 5.15 Å². The second-order valence-corrected chi connectivity index (χ2v) is 4.52. The number of fused-ring (bicyclic) bond motifs is 1. The number of nitrogens with two attached hydrogens (primary N) is 1. The number of halogens is 2. The summed E-state index contributed by atoms with van der Waals surface area (Å²) in [6.07, 6.45) is 5.91. The lowest BCUT2D eigenvalue weighted by molar-refractivity contribution is 0.919. The van der Waals surface area contributed by atoms with Crippen molar-refractivity contribution in [2.24, 2.45) is 0 Å². The average molecular weight is 297 g/mol. The smallest absolute Gasteiger partial charge is 0.219 e. The molecule has 0 aliphatic rings. The summed E-state index contributed by atoms with van der Waals surface area (Å²) in [5.74, 6) is 0.162. The third-order valence-corrected chi connectivity index (χ3v) is 3.28. The monoisotopic (exact) mass is 296 g/mol. The van der Waals surface area contributed by atoms with Gasteiger partial charge in [0.1, 0.15) is 11.5 Å². The topological polar surface area (TPSA) is 82.5 Å². The fourth-order valence-electron chi connectivity index (χ4n) is 1.75. The second kappa shape index (κ2) is 4.63. The van der Waals surface area contributed by atoms with E-state index in [4.69, 9.17) is 17.3 Å². The molecule has 0 spiro atoms. The van der Waals surface area contributed by atoms with Gasteiger partial charge in [-0.3, -0.25) is 0 Å². The summed E-state index contributed by atoms with van der Waals surface area (Å²) in [7, 11) is 0. The Morgan fingerprint density at radius 2 is 1.95 bits per heavy atom. The van der Waals surface area contributed by atoms with Gasteiger partial charge < -0.3 is 5.73 Å². The van der Waals surface area contributed by atoms with E-state index in [1.54, 1.807) is 6.20 Å². The van der Waals surface area contributed by atoms with Gasteiger partial charge in [-0.05, 0) is 0 Å². The molecule has 0 aliphatic carbocycles. The summed E-state index contributed by atoms with van der Waals surface area (Å²) in [6.45, 7) is 0.